The van der Waals surface area contributed by atoms with Gasteiger partial charge in [-0.1, -0.05) is 24.3 Å². The number of aromatic nitrogens is 1. The van der Waals surface area contributed by atoms with E-state index < -0.39 is 0 Å². The Hall–Kier alpha value is -3.67. The molecule has 5 rings (SSSR count). The molecule has 0 unspecified atom stereocenters. The first-order valence-electron chi connectivity index (χ1n) is 11.6. The van der Waals surface area contributed by atoms with Crippen LogP contribution >= 0.6 is 0 Å². The summed E-state index contributed by atoms with van der Waals surface area (Å²) in [7, 11) is 0. The lowest BCUT2D eigenvalue weighted by atomic mass is 9.93. The first-order valence-corrected chi connectivity index (χ1v) is 11.6. The van der Waals surface area contributed by atoms with E-state index in [2.05, 4.69) is 21.3 Å². The molecule has 1 N–H and O–H groups in total. The summed E-state index contributed by atoms with van der Waals surface area (Å²) in [5, 5.41) is 5.12. The van der Waals surface area contributed by atoms with Crippen molar-refractivity contribution in [2.24, 2.45) is 0 Å². The Labute approximate surface area is 193 Å². The van der Waals surface area contributed by atoms with Crippen molar-refractivity contribution in [1.29, 1.82) is 0 Å². The van der Waals surface area contributed by atoms with Crippen LogP contribution in [0.2, 0.25) is 0 Å². The van der Waals surface area contributed by atoms with E-state index in [9.17, 15) is 9.59 Å². The molecule has 3 heterocycles. The fourth-order valence-corrected chi connectivity index (χ4v) is 4.98. The predicted molar refractivity (Wildman–Crippen MR) is 132 cm³/mol. The van der Waals surface area contributed by atoms with Crippen molar-refractivity contribution in [2.45, 2.75) is 38.6 Å². The first-order chi connectivity index (χ1) is 16.1. The summed E-state index contributed by atoms with van der Waals surface area (Å²) < 4.78 is 0. The summed E-state index contributed by atoms with van der Waals surface area (Å²) in [4.78, 5) is 33.8. The van der Waals surface area contributed by atoms with Gasteiger partial charge in [0.1, 0.15) is 0 Å². The fraction of sp³-hybridized carbons (Fsp3) is 0.296. The number of hydrogen-bond donors (Lipinski definition) is 1. The van der Waals surface area contributed by atoms with Crippen molar-refractivity contribution in [3.63, 3.8) is 0 Å². The van der Waals surface area contributed by atoms with Gasteiger partial charge in [-0.05, 0) is 54.7 Å². The van der Waals surface area contributed by atoms with Gasteiger partial charge in [0, 0.05) is 55.1 Å². The van der Waals surface area contributed by atoms with Crippen molar-refractivity contribution in [2.75, 3.05) is 23.3 Å². The number of rotatable bonds is 4. The van der Waals surface area contributed by atoms with E-state index in [1.54, 1.807) is 17.3 Å². The van der Waals surface area contributed by atoms with Crippen LogP contribution in [0.15, 0.2) is 61.1 Å². The molecule has 2 aliphatic rings. The second-order valence-electron chi connectivity index (χ2n) is 8.74. The van der Waals surface area contributed by atoms with Crippen LogP contribution in [0.4, 0.5) is 11.4 Å². The van der Waals surface area contributed by atoms with E-state index in [1.807, 2.05) is 48.7 Å². The number of hydrogen-bond acceptors (Lipinski definition) is 4. The molecule has 0 bridgehead atoms. The third kappa shape index (κ3) is 4.21. The third-order valence-corrected chi connectivity index (χ3v) is 6.61. The van der Waals surface area contributed by atoms with Gasteiger partial charge in [0.05, 0.1) is 18.2 Å². The molecule has 2 amide bonds. The zero-order chi connectivity index (χ0) is 22.8. The molecular weight excluding hydrogens is 412 g/mol. The van der Waals surface area contributed by atoms with Gasteiger partial charge in [-0.25, -0.2) is 0 Å². The highest BCUT2D eigenvalue weighted by molar-refractivity contribution is 6.06. The van der Waals surface area contributed by atoms with Gasteiger partial charge in [0.2, 0.25) is 11.8 Å². The molecule has 6 nitrogen and oxygen atoms in total. The number of carbonyl (C=O) groups excluding carboxylic acids is 2. The lowest BCUT2D eigenvalue weighted by Crippen LogP contribution is -2.33. The van der Waals surface area contributed by atoms with Gasteiger partial charge < -0.3 is 15.1 Å². The number of nitrogens with zero attached hydrogens (tertiary/aromatic N) is 3. The van der Waals surface area contributed by atoms with E-state index >= 15 is 0 Å². The SMILES string of the molecule is CC(=O)N1C=Cc2ccccc2[C@@H]1CC(=O)Nc1ccc(N2CCCCC2)c2ccncc12. The normalized spacial score (nSPS) is 17.7. The molecule has 2 aromatic carbocycles. The average molecular weight is 441 g/mol. The van der Waals surface area contributed by atoms with Gasteiger partial charge in [-0.3, -0.25) is 14.6 Å². The molecule has 168 valence electrons. The fourth-order valence-electron chi connectivity index (χ4n) is 4.98. The molecule has 3 aromatic rings. The Morgan fingerprint density at radius 1 is 1.03 bits per heavy atom. The van der Waals surface area contributed by atoms with E-state index in [0.29, 0.717) is 0 Å². The average Bonchev–Trinajstić information content (AvgIpc) is 2.85. The maximum Gasteiger partial charge on any atom is 0.226 e. The molecule has 1 aromatic heterocycles. The monoisotopic (exact) mass is 440 g/mol. The molecule has 0 spiro atoms. The highest BCUT2D eigenvalue weighted by atomic mass is 16.2. The van der Waals surface area contributed by atoms with Crippen molar-refractivity contribution in [3.05, 3.63) is 72.2 Å². The Balaban J connectivity index is 1.41. The molecule has 6 heteroatoms. The molecule has 1 saturated heterocycles. The summed E-state index contributed by atoms with van der Waals surface area (Å²) in [6, 6.07) is 13.7. The van der Waals surface area contributed by atoms with E-state index in [0.717, 1.165) is 40.7 Å². The molecule has 0 saturated carbocycles. The smallest absolute Gasteiger partial charge is 0.226 e. The topological polar surface area (TPSA) is 65.5 Å². The first kappa shape index (κ1) is 21.2. The van der Waals surface area contributed by atoms with Gasteiger partial charge in [-0.15, -0.1) is 0 Å². The third-order valence-electron chi connectivity index (χ3n) is 6.61. The lowest BCUT2D eigenvalue weighted by Gasteiger charge is -2.32. The molecule has 0 radical (unpaired) electrons. The Morgan fingerprint density at radius 2 is 1.85 bits per heavy atom. The highest BCUT2D eigenvalue weighted by Gasteiger charge is 2.28. The number of amides is 2. The molecule has 1 atom stereocenters. The van der Waals surface area contributed by atoms with Crippen LogP contribution in [0.1, 0.15) is 49.8 Å². The van der Waals surface area contributed by atoms with Crippen LogP contribution in [-0.2, 0) is 9.59 Å². The van der Waals surface area contributed by atoms with Crippen molar-refractivity contribution < 1.29 is 9.59 Å². The predicted octanol–water partition coefficient (Wildman–Crippen LogP) is 5.13. The minimum absolute atomic E-state index is 0.0842. The van der Waals surface area contributed by atoms with Gasteiger partial charge >= 0.3 is 0 Å². The van der Waals surface area contributed by atoms with Gasteiger partial charge in [-0.2, -0.15) is 0 Å². The van der Waals surface area contributed by atoms with Gasteiger partial charge in [0.25, 0.3) is 0 Å². The molecule has 1 fully saturated rings. The molecule has 33 heavy (non-hydrogen) atoms. The number of fused-ring (bicyclic) bond motifs is 2. The second kappa shape index (κ2) is 9.06. The second-order valence-corrected chi connectivity index (χ2v) is 8.74. The van der Waals surface area contributed by atoms with Crippen LogP contribution in [0, 0.1) is 0 Å². The van der Waals surface area contributed by atoms with Crippen LogP contribution in [-0.4, -0.2) is 34.8 Å². The maximum absolute atomic E-state index is 13.2. The quantitative estimate of drug-likeness (QED) is 0.611. The highest BCUT2D eigenvalue weighted by Crippen LogP contribution is 2.35. The Kier molecular flexibility index (Phi) is 5.82. The number of carbonyl (C=O) groups is 2. The zero-order valence-electron chi connectivity index (χ0n) is 18.8. The summed E-state index contributed by atoms with van der Waals surface area (Å²) in [6.07, 6.45) is 11.2. The maximum atomic E-state index is 13.2. The number of benzene rings is 2. The summed E-state index contributed by atoms with van der Waals surface area (Å²) in [5.74, 6) is -0.216. The van der Waals surface area contributed by atoms with E-state index in [4.69, 9.17) is 0 Å². The van der Waals surface area contributed by atoms with Crippen molar-refractivity contribution in [1.82, 2.24) is 9.88 Å². The van der Waals surface area contributed by atoms with Crippen LogP contribution in [0.3, 0.4) is 0 Å². The minimum Gasteiger partial charge on any atom is -0.371 e. The van der Waals surface area contributed by atoms with Crippen molar-refractivity contribution in [3.8, 4) is 0 Å². The largest absolute Gasteiger partial charge is 0.371 e. The van der Waals surface area contributed by atoms with Crippen molar-refractivity contribution >= 4 is 40.0 Å². The Morgan fingerprint density at radius 3 is 2.67 bits per heavy atom. The van der Waals surface area contributed by atoms with Gasteiger partial charge in [0.15, 0.2) is 0 Å². The number of piperidine rings is 1. The van der Waals surface area contributed by atoms with Crippen LogP contribution in [0.25, 0.3) is 16.8 Å². The molecule has 2 aliphatic heterocycles. The summed E-state index contributed by atoms with van der Waals surface area (Å²) in [5.41, 5.74) is 3.96. The summed E-state index contributed by atoms with van der Waals surface area (Å²) >= 11 is 0. The minimum atomic E-state index is -0.333. The number of nitrogens with one attached hydrogen (secondary N) is 1. The van der Waals surface area contributed by atoms with E-state index in [-0.39, 0.29) is 24.3 Å². The molecular formula is C27H28N4O2. The number of anilines is 2. The van der Waals surface area contributed by atoms with Crippen LogP contribution < -0.4 is 10.2 Å². The van der Waals surface area contributed by atoms with E-state index in [1.165, 1.54) is 31.9 Å². The summed E-state index contributed by atoms with van der Waals surface area (Å²) in [6.45, 7) is 3.64. The number of pyridine rings is 1. The zero-order valence-corrected chi connectivity index (χ0v) is 18.8. The Bertz CT molecular complexity index is 1230. The molecule has 0 aliphatic carbocycles. The standard InChI is InChI=1S/C27H28N4O2/c1-19(32)31-16-12-20-7-3-4-8-21(20)26(31)17-27(33)29-24-9-10-25(30-14-5-2-6-15-30)22-11-13-28-18-23(22)24/h3-4,7-13,16,18,26H,2,5-6,14-15,17H2,1H3,(H,29,33)/t26-/m0/s1. The van der Waals surface area contributed by atoms with Crippen LogP contribution in [0.5, 0.6) is 0 Å². The lowest BCUT2D eigenvalue weighted by molar-refractivity contribution is -0.129.